The van der Waals surface area contributed by atoms with Crippen LogP contribution in [0, 0.1) is 0 Å². The Balaban J connectivity index is 3.39. The van der Waals surface area contributed by atoms with E-state index in [2.05, 4.69) is 5.32 Å². The summed E-state index contributed by atoms with van der Waals surface area (Å²) in [7, 11) is 0. The number of nitrogens with one attached hydrogen (secondary N) is 1. The van der Waals surface area contributed by atoms with Gasteiger partial charge >= 0.3 is 24.4 Å². The number of hydrogen-bond acceptors (Lipinski definition) is 11. The third kappa shape index (κ3) is 10.8. The van der Waals surface area contributed by atoms with Crippen LogP contribution in [0.1, 0.15) is 73.3 Å². The highest BCUT2D eigenvalue weighted by Gasteiger charge is 2.45. The number of hydrogen-bond donors (Lipinski definition) is 2. The van der Waals surface area contributed by atoms with Crippen molar-refractivity contribution in [2.45, 2.75) is 91.5 Å². The summed E-state index contributed by atoms with van der Waals surface area (Å²) in [6.45, 7) is 12.3. The van der Waals surface area contributed by atoms with Crippen molar-refractivity contribution in [2.75, 3.05) is 13.2 Å². The molecule has 1 rings (SSSR count). The number of benzene rings is 1. The summed E-state index contributed by atoms with van der Waals surface area (Å²) in [5, 5.41) is 12.9. The van der Waals surface area contributed by atoms with E-state index in [4.69, 9.17) is 28.4 Å². The van der Waals surface area contributed by atoms with E-state index in [1.165, 1.54) is 18.2 Å². The summed E-state index contributed by atoms with van der Waals surface area (Å²) in [6, 6.07) is 3.58. The first-order chi connectivity index (χ1) is 17.8. The maximum atomic E-state index is 12.6. The van der Waals surface area contributed by atoms with Crippen molar-refractivity contribution in [1.29, 1.82) is 0 Å². The van der Waals surface area contributed by atoms with Crippen molar-refractivity contribution in [3.63, 3.8) is 0 Å². The van der Waals surface area contributed by atoms with Crippen LogP contribution in [0.15, 0.2) is 18.2 Å². The SMILES string of the molecule is CCCOC(=O)Oc1ccc(C[C@](NC(C)C)(OC(=O)OC(C)(C)CC)C(=O)O)cc1OC(=O)OCCC. The highest BCUT2D eigenvalue weighted by atomic mass is 16.8. The zero-order chi connectivity index (χ0) is 28.9. The van der Waals surface area contributed by atoms with E-state index in [1.807, 2.05) is 0 Å². The van der Waals surface area contributed by atoms with Crippen LogP contribution in [0.2, 0.25) is 0 Å². The van der Waals surface area contributed by atoms with Gasteiger partial charge in [0.2, 0.25) is 0 Å². The number of carbonyl (C=O) groups excluding carboxylic acids is 3. The third-order valence-corrected chi connectivity index (χ3v) is 5.03. The summed E-state index contributed by atoms with van der Waals surface area (Å²) in [5.41, 5.74) is -2.86. The van der Waals surface area contributed by atoms with E-state index >= 15 is 0 Å². The first-order valence-electron chi connectivity index (χ1n) is 12.5. The fraction of sp³-hybridized carbons (Fsp3) is 0.615. The Hall–Kier alpha value is -3.54. The largest absolute Gasteiger partial charge is 0.513 e. The van der Waals surface area contributed by atoms with Crippen molar-refractivity contribution >= 4 is 24.4 Å². The van der Waals surface area contributed by atoms with Gasteiger partial charge in [0.1, 0.15) is 5.60 Å². The molecule has 0 unspecified atom stereocenters. The number of carboxylic acid groups (broad SMARTS) is 1. The Kier molecular flexibility index (Phi) is 12.8. The van der Waals surface area contributed by atoms with Crippen LogP contribution in [-0.2, 0) is 30.2 Å². The van der Waals surface area contributed by atoms with E-state index in [1.54, 1.807) is 48.5 Å². The van der Waals surface area contributed by atoms with Gasteiger partial charge in [0.05, 0.1) is 13.2 Å². The minimum Gasteiger partial charge on any atom is -0.477 e. The predicted molar refractivity (Wildman–Crippen MR) is 135 cm³/mol. The molecule has 0 fully saturated rings. The molecule has 0 saturated carbocycles. The minimum absolute atomic E-state index is 0.0950. The molecule has 0 radical (unpaired) electrons. The van der Waals surface area contributed by atoms with Crippen molar-refractivity contribution < 1.29 is 52.7 Å². The van der Waals surface area contributed by atoms with E-state index in [-0.39, 0.29) is 30.3 Å². The smallest absolute Gasteiger partial charge is 0.477 e. The first-order valence-corrected chi connectivity index (χ1v) is 12.5. The number of carboxylic acids is 1. The Morgan fingerprint density at radius 1 is 0.868 bits per heavy atom. The number of rotatable bonds is 14. The average Bonchev–Trinajstić information content (AvgIpc) is 2.82. The van der Waals surface area contributed by atoms with Gasteiger partial charge in [-0.3, -0.25) is 5.32 Å². The van der Waals surface area contributed by atoms with E-state index < -0.39 is 48.2 Å². The summed E-state index contributed by atoms with van der Waals surface area (Å²) in [4.78, 5) is 49.1. The molecule has 1 aromatic rings. The van der Waals surface area contributed by atoms with Crippen LogP contribution in [0.4, 0.5) is 14.4 Å². The molecule has 0 aliphatic rings. The van der Waals surface area contributed by atoms with Gasteiger partial charge in [0.15, 0.2) is 11.5 Å². The lowest BCUT2D eigenvalue weighted by Gasteiger charge is -2.33. The lowest BCUT2D eigenvalue weighted by molar-refractivity contribution is -0.169. The lowest BCUT2D eigenvalue weighted by atomic mass is 10.0. The molecule has 0 spiro atoms. The topological polar surface area (TPSA) is 156 Å². The standard InChI is InChI=1S/C26H39NO11/c1-8-13-33-22(30)35-19-12-11-18(15-20(19)36-23(31)34-14-9-2)16-26(21(28)29,27-17(4)5)38-24(32)37-25(6,7)10-3/h11-12,15,17,27H,8-10,13-14,16H2,1-7H3,(H,28,29)/t26-/m0/s1. The molecule has 1 atom stereocenters. The van der Waals surface area contributed by atoms with E-state index in [0.717, 1.165) is 0 Å². The molecule has 1 aromatic carbocycles. The Morgan fingerprint density at radius 2 is 1.42 bits per heavy atom. The predicted octanol–water partition coefficient (Wildman–Crippen LogP) is 5.20. The van der Waals surface area contributed by atoms with Crippen LogP contribution in [0.25, 0.3) is 0 Å². The molecule has 0 aliphatic carbocycles. The van der Waals surface area contributed by atoms with Crippen molar-refractivity contribution in [3.8, 4) is 11.5 Å². The van der Waals surface area contributed by atoms with Crippen LogP contribution < -0.4 is 14.8 Å². The lowest BCUT2D eigenvalue weighted by Crippen LogP contribution is -2.59. The molecule has 0 aromatic heterocycles. The van der Waals surface area contributed by atoms with Gasteiger partial charge in [-0.15, -0.1) is 0 Å². The Bertz CT molecular complexity index is 961. The van der Waals surface area contributed by atoms with Gasteiger partial charge in [-0.25, -0.2) is 19.2 Å². The van der Waals surface area contributed by atoms with Gasteiger partial charge in [-0.05, 0) is 64.7 Å². The van der Waals surface area contributed by atoms with Gasteiger partial charge in [0, 0.05) is 12.5 Å². The summed E-state index contributed by atoms with van der Waals surface area (Å²) in [6.07, 6.45) is -2.06. The average molecular weight is 542 g/mol. The van der Waals surface area contributed by atoms with Crippen molar-refractivity contribution in [1.82, 2.24) is 5.32 Å². The highest BCUT2D eigenvalue weighted by Crippen LogP contribution is 2.32. The number of aliphatic carboxylic acids is 1. The fourth-order valence-corrected chi connectivity index (χ4v) is 2.95. The molecule has 0 aliphatic heterocycles. The van der Waals surface area contributed by atoms with Gasteiger partial charge < -0.3 is 33.5 Å². The number of carbonyl (C=O) groups is 4. The molecule has 214 valence electrons. The minimum atomic E-state index is -2.24. The molecule has 0 amide bonds. The summed E-state index contributed by atoms with van der Waals surface area (Å²) >= 11 is 0. The van der Waals surface area contributed by atoms with Crippen LogP contribution in [-0.4, -0.2) is 60.1 Å². The normalized spacial score (nSPS) is 12.7. The molecular weight excluding hydrogens is 502 g/mol. The third-order valence-electron chi connectivity index (χ3n) is 5.03. The van der Waals surface area contributed by atoms with E-state index in [9.17, 15) is 24.3 Å². The second kappa shape index (κ2) is 15.0. The van der Waals surface area contributed by atoms with Crippen LogP contribution in [0.3, 0.4) is 0 Å². The molecule has 12 nitrogen and oxygen atoms in total. The molecular formula is C26H39NO11. The van der Waals surface area contributed by atoms with Crippen molar-refractivity contribution in [2.24, 2.45) is 0 Å². The molecule has 38 heavy (non-hydrogen) atoms. The van der Waals surface area contributed by atoms with E-state index in [0.29, 0.717) is 19.3 Å². The van der Waals surface area contributed by atoms with Gasteiger partial charge in [-0.1, -0.05) is 26.8 Å². The molecule has 0 heterocycles. The van der Waals surface area contributed by atoms with Crippen LogP contribution in [0.5, 0.6) is 11.5 Å². The first kappa shape index (κ1) is 32.5. The Morgan fingerprint density at radius 3 is 1.89 bits per heavy atom. The summed E-state index contributed by atoms with van der Waals surface area (Å²) in [5.74, 6) is -1.87. The number of ether oxygens (including phenoxy) is 6. The molecule has 0 saturated heterocycles. The second-order valence-corrected chi connectivity index (χ2v) is 9.36. The maximum absolute atomic E-state index is 12.6. The zero-order valence-corrected chi connectivity index (χ0v) is 23.1. The zero-order valence-electron chi connectivity index (χ0n) is 23.1. The monoisotopic (exact) mass is 541 g/mol. The quantitative estimate of drug-likeness (QED) is 0.137. The molecule has 12 heteroatoms. The Labute approximate surface area is 222 Å². The van der Waals surface area contributed by atoms with Crippen molar-refractivity contribution in [3.05, 3.63) is 23.8 Å². The molecule has 0 bridgehead atoms. The van der Waals surface area contributed by atoms with Gasteiger partial charge in [-0.2, -0.15) is 0 Å². The molecule has 2 N–H and O–H groups in total. The highest BCUT2D eigenvalue weighted by molar-refractivity contribution is 5.80. The van der Waals surface area contributed by atoms with Crippen LogP contribution >= 0.6 is 0 Å². The fourth-order valence-electron chi connectivity index (χ4n) is 2.95. The van der Waals surface area contributed by atoms with Gasteiger partial charge in [0.25, 0.3) is 5.72 Å². The summed E-state index contributed by atoms with van der Waals surface area (Å²) < 4.78 is 30.9. The second-order valence-electron chi connectivity index (χ2n) is 9.36. The maximum Gasteiger partial charge on any atom is 0.513 e.